The van der Waals surface area contributed by atoms with Crippen LogP contribution in [0.5, 0.6) is 5.75 Å². The number of amides is 2. The summed E-state index contributed by atoms with van der Waals surface area (Å²) in [5, 5.41) is 2.60. The van der Waals surface area contributed by atoms with Crippen molar-refractivity contribution in [3.63, 3.8) is 0 Å². The lowest BCUT2D eigenvalue weighted by atomic mass is 10.1. The van der Waals surface area contributed by atoms with Crippen LogP contribution in [0.2, 0.25) is 0 Å². The van der Waals surface area contributed by atoms with E-state index in [2.05, 4.69) is 10.1 Å². The minimum Gasteiger partial charge on any atom is -0.492 e. The van der Waals surface area contributed by atoms with E-state index < -0.39 is 29.7 Å². The molecule has 1 heterocycles. The molecule has 0 bridgehead atoms. The predicted octanol–water partition coefficient (Wildman–Crippen LogP) is 2.04. The third kappa shape index (κ3) is 6.86. The van der Waals surface area contributed by atoms with Crippen molar-refractivity contribution in [1.29, 1.82) is 0 Å². The number of alkyl carbamates (subject to hydrolysis) is 1. The molecule has 0 radical (unpaired) electrons. The fourth-order valence-electron chi connectivity index (χ4n) is 3.19. The molecule has 0 fully saturated rings. The summed E-state index contributed by atoms with van der Waals surface area (Å²) in [6.45, 7) is 5.96. The number of esters is 2. The van der Waals surface area contributed by atoms with Crippen molar-refractivity contribution in [3.05, 3.63) is 29.3 Å². The average Bonchev–Trinajstić information content (AvgIpc) is 3.05. The monoisotopic (exact) mass is 450 g/mol. The Bertz CT molecular complexity index is 862. The van der Waals surface area contributed by atoms with Crippen LogP contribution in [0.25, 0.3) is 0 Å². The first-order valence-electron chi connectivity index (χ1n) is 10.2. The Kier molecular flexibility index (Phi) is 8.45. The highest BCUT2D eigenvalue weighted by Crippen LogP contribution is 2.29. The van der Waals surface area contributed by atoms with E-state index in [9.17, 15) is 19.2 Å². The summed E-state index contributed by atoms with van der Waals surface area (Å²) >= 11 is 0. The topological polar surface area (TPSA) is 120 Å². The zero-order chi connectivity index (χ0) is 23.9. The van der Waals surface area contributed by atoms with E-state index in [4.69, 9.17) is 14.2 Å². The summed E-state index contributed by atoms with van der Waals surface area (Å²) < 4.78 is 20.2. The van der Waals surface area contributed by atoms with E-state index in [0.29, 0.717) is 16.9 Å². The van der Waals surface area contributed by atoms with Crippen LogP contribution >= 0.6 is 0 Å². The molecule has 0 saturated carbocycles. The molecule has 10 nitrogen and oxygen atoms in total. The summed E-state index contributed by atoms with van der Waals surface area (Å²) in [5.41, 5.74) is 0.568. The minimum atomic E-state index is -0.901. The van der Waals surface area contributed by atoms with Gasteiger partial charge in [0.25, 0.3) is 5.91 Å². The Morgan fingerprint density at radius 1 is 1.16 bits per heavy atom. The van der Waals surface area contributed by atoms with Crippen molar-refractivity contribution in [1.82, 2.24) is 10.2 Å². The molecule has 0 saturated heterocycles. The molecule has 1 N–H and O–H groups in total. The highest BCUT2D eigenvalue weighted by atomic mass is 16.6. The van der Waals surface area contributed by atoms with Crippen LogP contribution in [-0.2, 0) is 30.3 Å². The van der Waals surface area contributed by atoms with Crippen molar-refractivity contribution >= 4 is 23.9 Å². The van der Waals surface area contributed by atoms with Crippen molar-refractivity contribution in [2.75, 3.05) is 27.4 Å². The van der Waals surface area contributed by atoms with Gasteiger partial charge in [-0.2, -0.15) is 0 Å². The molecule has 1 aromatic carbocycles. The van der Waals surface area contributed by atoms with Crippen molar-refractivity contribution in [3.8, 4) is 5.75 Å². The first-order valence-corrected chi connectivity index (χ1v) is 10.2. The van der Waals surface area contributed by atoms with E-state index in [0.717, 1.165) is 0 Å². The molecule has 32 heavy (non-hydrogen) atoms. The quantitative estimate of drug-likeness (QED) is 0.345. The first kappa shape index (κ1) is 25.0. The normalized spacial score (nSPS) is 13.8. The average molecular weight is 450 g/mol. The van der Waals surface area contributed by atoms with Crippen LogP contribution in [0.15, 0.2) is 18.2 Å². The second-order valence-electron chi connectivity index (χ2n) is 8.18. The molecule has 1 aliphatic rings. The first-order chi connectivity index (χ1) is 15.1. The number of ether oxygens (including phenoxy) is 4. The maximum atomic E-state index is 12.8. The lowest BCUT2D eigenvalue weighted by Crippen LogP contribution is -2.42. The fourth-order valence-corrected chi connectivity index (χ4v) is 3.19. The van der Waals surface area contributed by atoms with E-state index >= 15 is 0 Å². The van der Waals surface area contributed by atoms with Gasteiger partial charge in [-0.15, -0.1) is 0 Å². The third-order valence-corrected chi connectivity index (χ3v) is 4.65. The van der Waals surface area contributed by atoms with Crippen molar-refractivity contribution in [2.24, 2.45) is 0 Å². The van der Waals surface area contributed by atoms with Gasteiger partial charge in [-0.3, -0.25) is 9.59 Å². The molecule has 1 unspecified atom stereocenters. The molecule has 0 spiro atoms. The Balaban J connectivity index is 1.97. The molecule has 2 rings (SSSR count). The summed E-state index contributed by atoms with van der Waals surface area (Å²) in [6, 6.07) is 4.09. The third-order valence-electron chi connectivity index (χ3n) is 4.65. The van der Waals surface area contributed by atoms with Gasteiger partial charge in [0.15, 0.2) is 0 Å². The molecule has 0 aromatic heterocycles. The van der Waals surface area contributed by atoms with Gasteiger partial charge in [-0.1, -0.05) is 0 Å². The van der Waals surface area contributed by atoms with Gasteiger partial charge in [0, 0.05) is 18.5 Å². The lowest BCUT2D eigenvalue weighted by Gasteiger charge is -2.25. The molecule has 2 amide bonds. The number of carbonyl (C=O) groups excluding carboxylic acids is 4. The number of nitrogens with one attached hydrogen (secondary N) is 1. The Labute approximate surface area is 187 Å². The van der Waals surface area contributed by atoms with Gasteiger partial charge in [-0.25, -0.2) is 9.59 Å². The standard InChI is InChI=1S/C22H30N2O8/c1-22(2,3)32-21(28)23-10-11-31-15-6-7-16-14(12-15)13-24(19(16)26)17(20(27)30-5)8-9-18(25)29-4/h6-7,12,17H,8-11,13H2,1-5H3,(H,23,28). The summed E-state index contributed by atoms with van der Waals surface area (Å²) in [7, 11) is 2.50. The maximum Gasteiger partial charge on any atom is 0.407 e. The van der Waals surface area contributed by atoms with Crippen molar-refractivity contribution < 1.29 is 38.1 Å². The maximum absolute atomic E-state index is 12.8. The largest absolute Gasteiger partial charge is 0.492 e. The number of fused-ring (bicyclic) bond motifs is 1. The zero-order valence-corrected chi connectivity index (χ0v) is 19.1. The van der Waals surface area contributed by atoms with Gasteiger partial charge in [0.05, 0.1) is 20.8 Å². The molecular weight excluding hydrogens is 420 g/mol. The van der Waals surface area contributed by atoms with Crippen LogP contribution in [-0.4, -0.2) is 67.9 Å². The molecule has 0 aliphatic carbocycles. The molecule has 1 aliphatic heterocycles. The molecule has 10 heteroatoms. The summed E-state index contributed by atoms with van der Waals surface area (Å²) in [6.07, 6.45) is -0.453. The second-order valence-corrected chi connectivity index (χ2v) is 8.18. The Hall–Kier alpha value is -3.30. The predicted molar refractivity (Wildman–Crippen MR) is 113 cm³/mol. The lowest BCUT2D eigenvalue weighted by molar-refractivity contribution is -0.147. The van der Waals surface area contributed by atoms with Crippen LogP contribution in [0.1, 0.15) is 49.5 Å². The van der Waals surface area contributed by atoms with E-state index in [1.165, 1.54) is 19.1 Å². The van der Waals surface area contributed by atoms with Crippen LogP contribution in [0.4, 0.5) is 4.79 Å². The number of rotatable bonds is 9. The van der Waals surface area contributed by atoms with Gasteiger partial charge in [0.1, 0.15) is 24.0 Å². The fraction of sp³-hybridized carbons (Fsp3) is 0.545. The molecule has 1 aromatic rings. The summed E-state index contributed by atoms with van der Waals surface area (Å²) in [5.74, 6) is -0.870. The Morgan fingerprint density at radius 3 is 2.50 bits per heavy atom. The van der Waals surface area contributed by atoms with E-state index in [-0.39, 0.29) is 38.4 Å². The summed E-state index contributed by atoms with van der Waals surface area (Å²) in [4.78, 5) is 49.6. The highest BCUT2D eigenvalue weighted by molar-refractivity contribution is 6.00. The second kappa shape index (κ2) is 10.8. The SMILES string of the molecule is COC(=O)CCC(C(=O)OC)N1Cc2cc(OCCNC(=O)OC(C)(C)C)ccc2C1=O. The zero-order valence-electron chi connectivity index (χ0n) is 19.1. The van der Waals surface area contributed by atoms with Gasteiger partial charge >= 0.3 is 18.0 Å². The number of benzene rings is 1. The van der Waals surface area contributed by atoms with E-state index in [1.54, 1.807) is 39.0 Å². The van der Waals surface area contributed by atoms with Gasteiger partial charge in [0.2, 0.25) is 0 Å². The van der Waals surface area contributed by atoms with Gasteiger partial charge in [-0.05, 0) is 51.0 Å². The molecule has 176 valence electrons. The number of hydrogen-bond donors (Lipinski definition) is 1. The number of nitrogens with zero attached hydrogens (tertiary/aromatic N) is 1. The number of carbonyl (C=O) groups is 4. The number of hydrogen-bond acceptors (Lipinski definition) is 8. The van der Waals surface area contributed by atoms with Crippen LogP contribution < -0.4 is 10.1 Å². The highest BCUT2D eigenvalue weighted by Gasteiger charge is 2.37. The molecule has 1 atom stereocenters. The van der Waals surface area contributed by atoms with Crippen molar-refractivity contribution in [2.45, 2.75) is 51.8 Å². The Morgan fingerprint density at radius 2 is 1.88 bits per heavy atom. The molecular formula is C22H30N2O8. The van der Waals surface area contributed by atoms with Crippen LogP contribution in [0.3, 0.4) is 0 Å². The van der Waals surface area contributed by atoms with Crippen LogP contribution in [0, 0.1) is 0 Å². The minimum absolute atomic E-state index is 0.0185. The van der Waals surface area contributed by atoms with E-state index in [1.807, 2.05) is 0 Å². The number of methoxy groups -OCH3 is 2. The van der Waals surface area contributed by atoms with Gasteiger partial charge < -0.3 is 29.2 Å². The smallest absolute Gasteiger partial charge is 0.407 e.